The molecule has 1 aliphatic rings. The lowest BCUT2D eigenvalue weighted by atomic mass is 9.97. The van der Waals surface area contributed by atoms with Gasteiger partial charge in [0.05, 0.1) is 30.2 Å². The highest BCUT2D eigenvalue weighted by Crippen LogP contribution is 2.34. The Labute approximate surface area is 193 Å². The number of aryl methyl sites for hydroxylation is 1. The minimum atomic E-state index is -0.625. The first kappa shape index (κ1) is 24.0. The number of rotatable bonds is 8. The number of aromatic amines is 1. The van der Waals surface area contributed by atoms with Crippen LogP contribution in [0, 0.1) is 6.92 Å². The number of thiophene rings is 1. The number of fused-ring (bicyclic) bond motifs is 1. The standard InChI is InChI=1S/C21H25N3O6S2/c1-4-29-19(27)15-11(3)16(20(28)30-5-2)32-18(15)23-14(25)10-31-21-22-13-9-7-6-8-12(13)17(26)24-21/h4-10H2,1-3H3,(H,23,25)(H,22,24,26). The summed E-state index contributed by atoms with van der Waals surface area (Å²) in [4.78, 5) is 57.0. The van der Waals surface area contributed by atoms with Crippen molar-refractivity contribution in [3.8, 4) is 0 Å². The SMILES string of the molecule is CCOC(=O)c1sc(NC(=O)CSc2nc3c(c(=O)[nH]2)CCCC3)c(C(=O)OCC)c1C. The Hall–Kier alpha value is -2.66. The van der Waals surface area contributed by atoms with Gasteiger partial charge in [0, 0.05) is 5.56 Å². The number of amides is 1. The van der Waals surface area contributed by atoms with Crippen molar-refractivity contribution in [3.05, 3.63) is 37.6 Å². The second kappa shape index (κ2) is 10.8. The van der Waals surface area contributed by atoms with Crippen LogP contribution in [0.15, 0.2) is 9.95 Å². The average molecular weight is 480 g/mol. The van der Waals surface area contributed by atoms with Crippen molar-refractivity contribution in [3.63, 3.8) is 0 Å². The number of carbonyl (C=O) groups excluding carboxylic acids is 3. The number of hydrogen-bond acceptors (Lipinski definition) is 9. The number of esters is 2. The van der Waals surface area contributed by atoms with Crippen molar-refractivity contribution < 1.29 is 23.9 Å². The van der Waals surface area contributed by atoms with Crippen LogP contribution in [0.3, 0.4) is 0 Å². The number of nitrogens with zero attached hydrogens (tertiary/aromatic N) is 1. The molecule has 2 N–H and O–H groups in total. The molecule has 2 aromatic rings. The van der Waals surface area contributed by atoms with Crippen LogP contribution in [0.25, 0.3) is 0 Å². The van der Waals surface area contributed by atoms with Gasteiger partial charge in [-0.3, -0.25) is 9.59 Å². The molecule has 0 bridgehead atoms. The maximum absolute atomic E-state index is 12.6. The van der Waals surface area contributed by atoms with E-state index >= 15 is 0 Å². The minimum Gasteiger partial charge on any atom is -0.462 e. The van der Waals surface area contributed by atoms with Gasteiger partial charge in [-0.2, -0.15) is 0 Å². The number of ether oxygens (including phenoxy) is 2. The van der Waals surface area contributed by atoms with Gasteiger partial charge in [0.25, 0.3) is 5.56 Å². The molecule has 0 aliphatic heterocycles. The zero-order chi connectivity index (χ0) is 23.3. The maximum Gasteiger partial charge on any atom is 0.348 e. The number of carbonyl (C=O) groups is 3. The van der Waals surface area contributed by atoms with E-state index in [4.69, 9.17) is 9.47 Å². The summed E-state index contributed by atoms with van der Waals surface area (Å²) in [5.41, 5.74) is 1.90. The van der Waals surface area contributed by atoms with Crippen molar-refractivity contribution in [2.45, 2.75) is 51.6 Å². The van der Waals surface area contributed by atoms with Gasteiger partial charge in [-0.05, 0) is 52.0 Å². The molecular formula is C21H25N3O6S2. The molecule has 9 nitrogen and oxygen atoms in total. The molecule has 2 heterocycles. The van der Waals surface area contributed by atoms with Crippen LogP contribution in [-0.2, 0) is 27.1 Å². The number of thioether (sulfide) groups is 1. The summed E-state index contributed by atoms with van der Waals surface area (Å²) in [6.45, 7) is 5.32. The Morgan fingerprint density at radius 2 is 1.81 bits per heavy atom. The van der Waals surface area contributed by atoms with Crippen molar-refractivity contribution >= 4 is 45.9 Å². The highest BCUT2D eigenvalue weighted by molar-refractivity contribution is 7.99. The monoisotopic (exact) mass is 479 g/mol. The normalized spacial score (nSPS) is 12.7. The predicted molar refractivity (Wildman–Crippen MR) is 122 cm³/mol. The molecule has 3 rings (SSSR count). The summed E-state index contributed by atoms with van der Waals surface area (Å²) < 4.78 is 10.1. The van der Waals surface area contributed by atoms with Gasteiger partial charge in [-0.25, -0.2) is 14.6 Å². The molecule has 0 aromatic carbocycles. The molecule has 0 saturated carbocycles. The minimum absolute atomic E-state index is 0.0321. The fraction of sp³-hybridized carbons (Fsp3) is 0.476. The average Bonchev–Trinajstić information content (AvgIpc) is 3.08. The first-order chi connectivity index (χ1) is 15.3. The van der Waals surface area contributed by atoms with Crippen LogP contribution in [0.1, 0.15) is 63.5 Å². The van der Waals surface area contributed by atoms with Crippen molar-refractivity contribution in [2.75, 3.05) is 24.3 Å². The number of anilines is 1. The number of nitrogens with one attached hydrogen (secondary N) is 2. The smallest absolute Gasteiger partial charge is 0.348 e. The van der Waals surface area contributed by atoms with Crippen LogP contribution in [-0.4, -0.2) is 46.8 Å². The number of hydrogen-bond donors (Lipinski definition) is 2. The Bertz CT molecular complexity index is 1090. The third-order valence-corrected chi connectivity index (χ3v) is 6.91. The maximum atomic E-state index is 12.6. The van der Waals surface area contributed by atoms with Gasteiger partial charge < -0.3 is 19.8 Å². The van der Waals surface area contributed by atoms with E-state index in [9.17, 15) is 19.2 Å². The summed E-state index contributed by atoms with van der Waals surface area (Å²) in [6, 6.07) is 0. The van der Waals surface area contributed by atoms with Gasteiger partial charge in [-0.15, -0.1) is 11.3 Å². The van der Waals surface area contributed by atoms with Crippen molar-refractivity contribution in [1.29, 1.82) is 0 Å². The van der Waals surface area contributed by atoms with Crippen LogP contribution < -0.4 is 10.9 Å². The topological polar surface area (TPSA) is 127 Å². The van der Waals surface area contributed by atoms with E-state index in [0.717, 1.165) is 60.0 Å². The summed E-state index contributed by atoms with van der Waals surface area (Å²) in [7, 11) is 0. The Morgan fingerprint density at radius 1 is 1.12 bits per heavy atom. The van der Waals surface area contributed by atoms with E-state index in [-0.39, 0.29) is 40.0 Å². The second-order valence-electron chi connectivity index (χ2n) is 7.04. The fourth-order valence-corrected chi connectivity index (χ4v) is 5.17. The molecule has 0 radical (unpaired) electrons. The molecule has 0 atom stereocenters. The lowest BCUT2D eigenvalue weighted by Gasteiger charge is -2.14. The number of aromatic nitrogens is 2. The second-order valence-corrected chi connectivity index (χ2v) is 9.03. The lowest BCUT2D eigenvalue weighted by Crippen LogP contribution is -2.22. The highest BCUT2D eigenvalue weighted by Gasteiger charge is 2.27. The quantitative estimate of drug-likeness (QED) is 0.336. The van der Waals surface area contributed by atoms with Crippen LogP contribution in [0.2, 0.25) is 0 Å². The van der Waals surface area contributed by atoms with Crippen LogP contribution in [0.5, 0.6) is 0 Å². The summed E-state index contributed by atoms with van der Waals surface area (Å²) >= 11 is 2.07. The zero-order valence-corrected chi connectivity index (χ0v) is 19.8. The number of H-pyrrole nitrogens is 1. The van der Waals surface area contributed by atoms with Gasteiger partial charge in [0.1, 0.15) is 9.88 Å². The van der Waals surface area contributed by atoms with E-state index < -0.39 is 17.8 Å². The van der Waals surface area contributed by atoms with Gasteiger partial charge in [-0.1, -0.05) is 11.8 Å². The van der Waals surface area contributed by atoms with Crippen LogP contribution >= 0.6 is 23.1 Å². The molecule has 0 fully saturated rings. The Morgan fingerprint density at radius 3 is 2.53 bits per heavy atom. The third kappa shape index (κ3) is 5.39. The fourth-order valence-electron chi connectivity index (χ4n) is 3.39. The molecular weight excluding hydrogens is 454 g/mol. The van der Waals surface area contributed by atoms with E-state index in [1.165, 1.54) is 0 Å². The van der Waals surface area contributed by atoms with E-state index in [1.54, 1.807) is 20.8 Å². The molecule has 0 saturated heterocycles. The van der Waals surface area contributed by atoms with Gasteiger partial charge >= 0.3 is 11.9 Å². The largest absolute Gasteiger partial charge is 0.462 e. The van der Waals surface area contributed by atoms with Crippen molar-refractivity contribution in [1.82, 2.24) is 9.97 Å². The molecule has 172 valence electrons. The van der Waals surface area contributed by atoms with E-state index in [0.29, 0.717) is 10.7 Å². The molecule has 1 amide bonds. The first-order valence-corrected chi connectivity index (χ1v) is 12.2. The van der Waals surface area contributed by atoms with Gasteiger partial charge in [0.2, 0.25) is 5.91 Å². The van der Waals surface area contributed by atoms with E-state index in [1.807, 2.05) is 0 Å². The summed E-state index contributed by atoms with van der Waals surface area (Å²) in [5, 5.41) is 3.29. The zero-order valence-electron chi connectivity index (χ0n) is 18.2. The lowest BCUT2D eigenvalue weighted by molar-refractivity contribution is -0.113. The summed E-state index contributed by atoms with van der Waals surface area (Å²) in [5.74, 6) is -1.63. The molecule has 32 heavy (non-hydrogen) atoms. The van der Waals surface area contributed by atoms with Crippen molar-refractivity contribution in [2.24, 2.45) is 0 Å². The van der Waals surface area contributed by atoms with E-state index in [2.05, 4.69) is 15.3 Å². The Kier molecular flexibility index (Phi) is 8.08. The third-order valence-electron chi connectivity index (χ3n) is 4.85. The Balaban J connectivity index is 1.76. The predicted octanol–water partition coefficient (Wildman–Crippen LogP) is 3.10. The molecule has 1 aliphatic carbocycles. The van der Waals surface area contributed by atoms with Crippen LogP contribution in [0.4, 0.5) is 5.00 Å². The molecule has 0 spiro atoms. The highest BCUT2D eigenvalue weighted by atomic mass is 32.2. The van der Waals surface area contributed by atoms with Gasteiger partial charge in [0.15, 0.2) is 5.16 Å². The summed E-state index contributed by atoms with van der Waals surface area (Å²) in [6.07, 6.45) is 3.45. The molecule has 2 aromatic heterocycles. The first-order valence-electron chi connectivity index (χ1n) is 10.4. The molecule has 11 heteroatoms. The molecule has 0 unspecified atom stereocenters.